The summed E-state index contributed by atoms with van der Waals surface area (Å²) in [6.45, 7) is 1.81. The van der Waals surface area contributed by atoms with E-state index in [0.717, 1.165) is 37.8 Å². The monoisotopic (exact) mass is 309 g/mol. The third-order valence-electron chi connectivity index (χ3n) is 2.70. The van der Waals surface area contributed by atoms with Crippen LogP contribution in [0.4, 0.5) is 0 Å². The number of benzene rings is 1. The minimum absolute atomic E-state index is 0.279. The van der Waals surface area contributed by atoms with E-state index in [0.29, 0.717) is 21.6 Å². The van der Waals surface area contributed by atoms with Crippen molar-refractivity contribution < 1.29 is 5.11 Å². The lowest BCUT2D eigenvalue weighted by molar-refractivity contribution is 0.282. The Balaban J connectivity index is 2.29. The summed E-state index contributed by atoms with van der Waals surface area (Å²) in [7, 11) is 0. The Morgan fingerprint density at radius 3 is 2.33 bits per heavy atom. The molecule has 0 aliphatic heterocycles. The first kappa shape index (κ1) is 16.1. The van der Waals surface area contributed by atoms with Gasteiger partial charge in [0.15, 0.2) is 0 Å². The number of aliphatic hydroxyl groups is 1. The molecule has 0 fully saturated rings. The molecule has 0 radical (unpaired) electrons. The van der Waals surface area contributed by atoms with Gasteiger partial charge in [0.25, 0.3) is 0 Å². The van der Waals surface area contributed by atoms with E-state index in [2.05, 4.69) is 5.32 Å². The largest absolute Gasteiger partial charge is 0.396 e. The maximum Gasteiger partial charge on any atom is 0.0652 e. The van der Waals surface area contributed by atoms with E-state index in [-0.39, 0.29) is 6.61 Å². The molecule has 1 aromatic rings. The number of nitrogens with one attached hydrogen (secondary N) is 1. The van der Waals surface area contributed by atoms with Gasteiger partial charge in [0, 0.05) is 23.7 Å². The first-order chi connectivity index (χ1) is 8.66. The molecule has 0 atom stereocenters. The Labute approximate surface area is 123 Å². The summed E-state index contributed by atoms with van der Waals surface area (Å²) >= 11 is 18.1. The van der Waals surface area contributed by atoms with Crippen LogP contribution in [-0.2, 0) is 6.54 Å². The smallest absolute Gasteiger partial charge is 0.0652 e. The van der Waals surface area contributed by atoms with Crippen LogP contribution in [0.15, 0.2) is 12.1 Å². The third-order valence-corrected chi connectivity index (χ3v) is 3.90. The molecule has 0 amide bonds. The molecule has 18 heavy (non-hydrogen) atoms. The van der Waals surface area contributed by atoms with Crippen LogP contribution in [0, 0.1) is 0 Å². The van der Waals surface area contributed by atoms with Crippen LogP contribution in [0.5, 0.6) is 0 Å². The lowest BCUT2D eigenvalue weighted by Gasteiger charge is -2.09. The molecule has 2 N–H and O–H groups in total. The second kappa shape index (κ2) is 9.00. The molecule has 0 saturated carbocycles. The third kappa shape index (κ3) is 5.33. The summed E-state index contributed by atoms with van der Waals surface area (Å²) in [5, 5.41) is 13.6. The van der Waals surface area contributed by atoms with Gasteiger partial charge in [0.2, 0.25) is 0 Å². The van der Waals surface area contributed by atoms with Gasteiger partial charge in [-0.1, -0.05) is 47.6 Å². The number of hydrogen-bond acceptors (Lipinski definition) is 2. The Morgan fingerprint density at radius 2 is 1.61 bits per heavy atom. The highest BCUT2D eigenvalue weighted by atomic mass is 35.5. The van der Waals surface area contributed by atoms with Crippen molar-refractivity contribution in [3.63, 3.8) is 0 Å². The molecule has 0 spiro atoms. The van der Waals surface area contributed by atoms with E-state index in [9.17, 15) is 0 Å². The minimum Gasteiger partial charge on any atom is -0.396 e. The molecule has 0 aliphatic carbocycles. The molecule has 1 aromatic carbocycles. The van der Waals surface area contributed by atoms with Gasteiger partial charge in [-0.15, -0.1) is 0 Å². The quantitative estimate of drug-likeness (QED) is 0.554. The number of aliphatic hydroxyl groups excluding tert-OH is 1. The summed E-state index contributed by atoms with van der Waals surface area (Å²) in [4.78, 5) is 0. The van der Waals surface area contributed by atoms with Crippen molar-refractivity contribution in [2.45, 2.75) is 32.2 Å². The van der Waals surface area contributed by atoms with Crippen LogP contribution < -0.4 is 5.32 Å². The molecule has 102 valence electrons. The second-order valence-electron chi connectivity index (χ2n) is 4.14. The summed E-state index contributed by atoms with van der Waals surface area (Å²) in [5.74, 6) is 0. The minimum atomic E-state index is 0.279. The van der Waals surface area contributed by atoms with Gasteiger partial charge < -0.3 is 10.4 Å². The average Bonchev–Trinajstić information content (AvgIpc) is 2.36. The van der Waals surface area contributed by atoms with Gasteiger partial charge in [-0.05, 0) is 31.5 Å². The van der Waals surface area contributed by atoms with Crippen molar-refractivity contribution >= 4 is 34.8 Å². The Bertz CT molecular complexity index is 371. The van der Waals surface area contributed by atoms with Gasteiger partial charge >= 0.3 is 0 Å². The van der Waals surface area contributed by atoms with Gasteiger partial charge in [0.05, 0.1) is 10.0 Å². The normalized spacial score (nSPS) is 10.9. The zero-order valence-corrected chi connectivity index (χ0v) is 12.5. The summed E-state index contributed by atoms with van der Waals surface area (Å²) in [5.41, 5.74) is 0.848. The maximum atomic E-state index is 8.65. The maximum absolute atomic E-state index is 8.65. The number of rotatable bonds is 8. The van der Waals surface area contributed by atoms with E-state index in [1.54, 1.807) is 12.1 Å². The van der Waals surface area contributed by atoms with Gasteiger partial charge in [-0.3, -0.25) is 0 Å². The Kier molecular flexibility index (Phi) is 8.03. The average molecular weight is 311 g/mol. The molecular weight excluding hydrogens is 293 g/mol. The number of halogens is 3. The molecule has 0 unspecified atom stereocenters. The predicted octanol–water partition coefficient (Wildman–Crippen LogP) is 4.29. The first-order valence-corrected chi connectivity index (χ1v) is 7.24. The van der Waals surface area contributed by atoms with Crippen molar-refractivity contribution in [1.82, 2.24) is 5.32 Å². The fraction of sp³-hybridized carbons (Fsp3) is 0.538. The standard InChI is InChI=1S/C13H18Cl3NO/c14-11-5-6-12(15)13(16)10(11)9-17-7-3-1-2-4-8-18/h5-6,17-18H,1-4,7-9H2. The topological polar surface area (TPSA) is 32.3 Å². The van der Waals surface area contributed by atoms with Crippen LogP contribution in [0.3, 0.4) is 0 Å². The van der Waals surface area contributed by atoms with Crippen molar-refractivity contribution in [1.29, 1.82) is 0 Å². The van der Waals surface area contributed by atoms with Crippen LogP contribution >= 0.6 is 34.8 Å². The van der Waals surface area contributed by atoms with E-state index >= 15 is 0 Å². The lowest BCUT2D eigenvalue weighted by Crippen LogP contribution is -2.15. The van der Waals surface area contributed by atoms with Crippen LogP contribution in [0.1, 0.15) is 31.2 Å². The fourth-order valence-corrected chi connectivity index (χ4v) is 2.34. The highest BCUT2D eigenvalue weighted by molar-refractivity contribution is 6.44. The van der Waals surface area contributed by atoms with E-state index in [4.69, 9.17) is 39.9 Å². The van der Waals surface area contributed by atoms with E-state index in [1.165, 1.54) is 0 Å². The van der Waals surface area contributed by atoms with Gasteiger partial charge in [-0.25, -0.2) is 0 Å². The summed E-state index contributed by atoms with van der Waals surface area (Å²) < 4.78 is 0. The Hall–Kier alpha value is 0.01000. The second-order valence-corrected chi connectivity index (χ2v) is 5.33. The molecule has 2 nitrogen and oxygen atoms in total. The highest BCUT2D eigenvalue weighted by Gasteiger charge is 2.08. The highest BCUT2D eigenvalue weighted by Crippen LogP contribution is 2.31. The summed E-state index contributed by atoms with van der Waals surface area (Å²) in [6.07, 6.45) is 4.14. The van der Waals surface area contributed by atoms with Crippen molar-refractivity contribution in [3.8, 4) is 0 Å². The SMILES string of the molecule is OCCCCCCNCc1c(Cl)ccc(Cl)c1Cl. The fourth-order valence-electron chi connectivity index (χ4n) is 1.66. The van der Waals surface area contributed by atoms with Crippen molar-refractivity contribution in [3.05, 3.63) is 32.8 Å². The zero-order valence-electron chi connectivity index (χ0n) is 10.2. The Morgan fingerprint density at radius 1 is 0.944 bits per heavy atom. The van der Waals surface area contributed by atoms with Crippen LogP contribution in [0.25, 0.3) is 0 Å². The number of unbranched alkanes of at least 4 members (excludes halogenated alkanes) is 3. The number of hydrogen-bond donors (Lipinski definition) is 2. The lowest BCUT2D eigenvalue weighted by atomic mass is 10.2. The van der Waals surface area contributed by atoms with Crippen molar-refractivity contribution in [2.24, 2.45) is 0 Å². The first-order valence-electron chi connectivity index (χ1n) is 6.10. The molecule has 0 aliphatic rings. The molecule has 0 bridgehead atoms. The van der Waals surface area contributed by atoms with E-state index in [1.807, 2.05) is 0 Å². The van der Waals surface area contributed by atoms with Crippen LogP contribution in [-0.4, -0.2) is 18.3 Å². The molecule has 0 saturated heterocycles. The molecule has 0 heterocycles. The molecular formula is C13H18Cl3NO. The van der Waals surface area contributed by atoms with Crippen molar-refractivity contribution in [2.75, 3.05) is 13.2 Å². The molecule has 5 heteroatoms. The van der Waals surface area contributed by atoms with Gasteiger partial charge in [-0.2, -0.15) is 0 Å². The van der Waals surface area contributed by atoms with Crippen LogP contribution in [0.2, 0.25) is 15.1 Å². The summed E-state index contributed by atoms with van der Waals surface area (Å²) in [6, 6.07) is 3.46. The molecule has 1 rings (SSSR count). The van der Waals surface area contributed by atoms with Gasteiger partial charge in [0.1, 0.15) is 0 Å². The predicted molar refractivity (Wildman–Crippen MR) is 78.7 cm³/mol. The molecule has 0 aromatic heterocycles. The zero-order chi connectivity index (χ0) is 13.4. The van der Waals surface area contributed by atoms with E-state index < -0.39 is 0 Å².